The van der Waals surface area contributed by atoms with Crippen molar-refractivity contribution < 1.29 is 9.18 Å². The molecule has 4 heteroatoms. The third kappa shape index (κ3) is 1.77. The van der Waals surface area contributed by atoms with E-state index in [9.17, 15) is 9.18 Å². The maximum Gasteiger partial charge on any atom is 0.160 e. The first-order valence-electron chi connectivity index (χ1n) is 4.34. The zero-order valence-corrected chi connectivity index (χ0v) is 9.51. The molecule has 0 bridgehead atoms. The number of nitrogens with zero attached hydrogens (tertiary/aromatic N) is 1. The molecular weight excluding hydrogens is 261 g/mol. The summed E-state index contributed by atoms with van der Waals surface area (Å²) in [5.41, 5.74) is 0.714. The molecule has 0 amide bonds. The molecule has 1 aromatic heterocycles. The summed E-state index contributed by atoms with van der Waals surface area (Å²) < 4.78 is 14.1. The smallest absolute Gasteiger partial charge is 0.160 e. The monoisotopic (exact) mass is 267 g/mol. The molecule has 2 aromatic rings. The molecule has 2 rings (SSSR count). The number of carbonyl (C=O) groups is 1. The Labute approximate surface area is 94.3 Å². The summed E-state index contributed by atoms with van der Waals surface area (Å²) in [6.07, 6.45) is 1.44. The standard InChI is InChI=1S/C11H7BrFNO/c1-6(15)8-2-3-14-11-9(8)4-7(12)5-10(11)13/h2-5H,1H3. The second-order valence-electron chi connectivity index (χ2n) is 3.20. The van der Waals surface area contributed by atoms with E-state index in [1.54, 1.807) is 12.1 Å². The molecule has 2 nitrogen and oxygen atoms in total. The number of carbonyl (C=O) groups excluding carboxylic acids is 1. The first kappa shape index (κ1) is 10.2. The van der Waals surface area contributed by atoms with Crippen LogP contribution >= 0.6 is 15.9 Å². The van der Waals surface area contributed by atoms with Gasteiger partial charge in [0.05, 0.1) is 0 Å². The van der Waals surface area contributed by atoms with Gasteiger partial charge in [-0.25, -0.2) is 4.39 Å². The first-order chi connectivity index (χ1) is 7.09. The summed E-state index contributed by atoms with van der Waals surface area (Å²) in [5.74, 6) is -0.526. The maximum atomic E-state index is 13.5. The fourth-order valence-electron chi connectivity index (χ4n) is 1.49. The molecule has 0 aliphatic rings. The quantitative estimate of drug-likeness (QED) is 0.742. The Morgan fingerprint density at radius 2 is 2.20 bits per heavy atom. The van der Waals surface area contributed by atoms with Crippen molar-refractivity contribution in [3.8, 4) is 0 Å². The molecule has 0 radical (unpaired) electrons. The Kier molecular flexibility index (Phi) is 2.52. The normalized spacial score (nSPS) is 10.6. The Bertz CT molecular complexity index is 554. The second-order valence-corrected chi connectivity index (χ2v) is 4.11. The van der Waals surface area contributed by atoms with Crippen LogP contribution in [0.3, 0.4) is 0 Å². The summed E-state index contributed by atoms with van der Waals surface area (Å²) in [6.45, 7) is 1.45. The van der Waals surface area contributed by atoms with Crippen molar-refractivity contribution in [2.24, 2.45) is 0 Å². The topological polar surface area (TPSA) is 30.0 Å². The van der Waals surface area contributed by atoms with Crippen LogP contribution in [-0.2, 0) is 0 Å². The predicted molar refractivity (Wildman–Crippen MR) is 59.4 cm³/mol. The maximum absolute atomic E-state index is 13.5. The first-order valence-corrected chi connectivity index (χ1v) is 5.13. The predicted octanol–water partition coefficient (Wildman–Crippen LogP) is 3.34. The molecule has 1 aromatic carbocycles. The van der Waals surface area contributed by atoms with Crippen LogP contribution in [-0.4, -0.2) is 10.8 Å². The number of benzene rings is 1. The molecule has 0 spiro atoms. The van der Waals surface area contributed by atoms with Crippen LogP contribution in [0.5, 0.6) is 0 Å². The largest absolute Gasteiger partial charge is 0.294 e. The summed E-state index contributed by atoms with van der Waals surface area (Å²) in [6, 6.07) is 4.62. The molecule has 0 aliphatic heterocycles. The van der Waals surface area contributed by atoms with Gasteiger partial charge in [0.2, 0.25) is 0 Å². The van der Waals surface area contributed by atoms with Crippen LogP contribution in [0.4, 0.5) is 4.39 Å². The van der Waals surface area contributed by atoms with E-state index in [1.165, 1.54) is 19.2 Å². The number of ketones is 1. The molecule has 0 saturated carbocycles. The average Bonchev–Trinajstić information content (AvgIpc) is 2.16. The molecule has 0 saturated heterocycles. The van der Waals surface area contributed by atoms with Crippen molar-refractivity contribution in [3.05, 3.63) is 40.2 Å². The van der Waals surface area contributed by atoms with E-state index in [0.29, 0.717) is 15.4 Å². The highest BCUT2D eigenvalue weighted by atomic mass is 79.9. The number of Topliss-reactive ketones (excluding diaryl/α,β-unsaturated/α-hetero) is 1. The van der Waals surface area contributed by atoms with Gasteiger partial charge in [-0.1, -0.05) is 15.9 Å². The highest BCUT2D eigenvalue weighted by molar-refractivity contribution is 9.10. The summed E-state index contributed by atoms with van der Waals surface area (Å²) in [5, 5.41) is 0.539. The Balaban J connectivity index is 2.91. The van der Waals surface area contributed by atoms with Crippen molar-refractivity contribution in [2.75, 3.05) is 0 Å². The third-order valence-electron chi connectivity index (χ3n) is 2.14. The summed E-state index contributed by atoms with van der Waals surface area (Å²) in [4.78, 5) is 15.2. The minimum absolute atomic E-state index is 0.0973. The fourth-order valence-corrected chi connectivity index (χ4v) is 1.92. The van der Waals surface area contributed by atoms with Crippen molar-refractivity contribution in [2.45, 2.75) is 6.92 Å². The highest BCUT2D eigenvalue weighted by Gasteiger charge is 2.10. The number of halogens is 2. The van der Waals surface area contributed by atoms with Crippen molar-refractivity contribution >= 4 is 32.6 Å². The second kappa shape index (κ2) is 3.70. The molecule has 0 aliphatic carbocycles. The van der Waals surface area contributed by atoms with Gasteiger partial charge in [-0.2, -0.15) is 0 Å². The lowest BCUT2D eigenvalue weighted by Gasteiger charge is -2.03. The zero-order valence-electron chi connectivity index (χ0n) is 7.92. The van der Waals surface area contributed by atoms with Gasteiger partial charge in [-0.05, 0) is 25.1 Å². The number of pyridine rings is 1. The lowest BCUT2D eigenvalue weighted by Crippen LogP contribution is -1.96. The van der Waals surface area contributed by atoms with Crippen molar-refractivity contribution in [3.63, 3.8) is 0 Å². The molecule has 76 valence electrons. The molecule has 0 unspecified atom stereocenters. The van der Waals surface area contributed by atoms with Gasteiger partial charge < -0.3 is 0 Å². The lowest BCUT2D eigenvalue weighted by atomic mass is 10.1. The number of fused-ring (bicyclic) bond motifs is 1. The van der Waals surface area contributed by atoms with E-state index < -0.39 is 5.82 Å². The molecule has 0 atom stereocenters. The van der Waals surface area contributed by atoms with E-state index >= 15 is 0 Å². The highest BCUT2D eigenvalue weighted by Crippen LogP contribution is 2.24. The van der Waals surface area contributed by atoms with Gasteiger partial charge in [-0.3, -0.25) is 9.78 Å². The molecule has 15 heavy (non-hydrogen) atoms. The van der Waals surface area contributed by atoms with Gasteiger partial charge in [0, 0.05) is 21.6 Å². The zero-order chi connectivity index (χ0) is 11.0. The number of hydrogen-bond acceptors (Lipinski definition) is 2. The van der Waals surface area contributed by atoms with E-state index in [0.717, 1.165) is 0 Å². The van der Waals surface area contributed by atoms with Gasteiger partial charge >= 0.3 is 0 Å². The number of aromatic nitrogens is 1. The summed E-state index contributed by atoms with van der Waals surface area (Å²) >= 11 is 3.19. The Morgan fingerprint density at radius 3 is 2.87 bits per heavy atom. The van der Waals surface area contributed by atoms with Crippen molar-refractivity contribution in [1.82, 2.24) is 4.98 Å². The van der Waals surface area contributed by atoms with Crippen LogP contribution < -0.4 is 0 Å². The van der Waals surface area contributed by atoms with E-state index in [2.05, 4.69) is 20.9 Å². The SMILES string of the molecule is CC(=O)c1ccnc2c(F)cc(Br)cc12. The van der Waals surface area contributed by atoms with Gasteiger partial charge in [0.25, 0.3) is 0 Å². The van der Waals surface area contributed by atoms with Gasteiger partial charge in [0.1, 0.15) is 5.52 Å². The molecular formula is C11H7BrFNO. The number of hydrogen-bond donors (Lipinski definition) is 0. The number of rotatable bonds is 1. The van der Waals surface area contributed by atoms with E-state index in [4.69, 9.17) is 0 Å². The van der Waals surface area contributed by atoms with Crippen LogP contribution in [0.25, 0.3) is 10.9 Å². The lowest BCUT2D eigenvalue weighted by molar-refractivity contribution is 0.101. The fraction of sp³-hybridized carbons (Fsp3) is 0.0909. The minimum Gasteiger partial charge on any atom is -0.294 e. The Hall–Kier alpha value is -1.29. The minimum atomic E-state index is -0.428. The molecule has 0 fully saturated rings. The van der Waals surface area contributed by atoms with Crippen LogP contribution in [0.2, 0.25) is 0 Å². The van der Waals surface area contributed by atoms with Crippen LogP contribution in [0.15, 0.2) is 28.9 Å². The summed E-state index contributed by atoms with van der Waals surface area (Å²) in [7, 11) is 0. The van der Waals surface area contributed by atoms with Crippen molar-refractivity contribution in [1.29, 1.82) is 0 Å². The molecule has 0 N–H and O–H groups in total. The van der Waals surface area contributed by atoms with Crippen LogP contribution in [0.1, 0.15) is 17.3 Å². The van der Waals surface area contributed by atoms with Gasteiger partial charge in [-0.15, -0.1) is 0 Å². The Morgan fingerprint density at radius 1 is 1.47 bits per heavy atom. The van der Waals surface area contributed by atoms with E-state index in [1.807, 2.05) is 0 Å². The van der Waals surface area contributed by atoms with Crippen LogP contribution in [0, 0.1) is 5.82 Å². The third-order valence-corrected chi connectivity index (χ3v) is 2.60. The van der Waals surface area contributed by atoms with E-state index in [-0.39, 0.29) is 11.3 Å². The average molecular weight is 268 g/mol. The molecule has 1 heterocycles. The van der Waals surface area contributed by atoms with Gasteiger partial charge in [0.15, 0.2) is 11.6 Å².